The Kier molecular flexibility index (Phi) is 17.0. The minimum Gasteiger partial charge on any atom is -0.379 e. The molecule has 20 heavy (non-hydrogen) atoms. The molecule has 0 aliphatic carbocycles. The molecule has 0 radical (unpaired) electrons. The summed E-state index contributed by atoms with van der Waals surface area (Å²) in [7, 11) is 0. The fourth-order valence-corrected chi connectivity index (χ4v) is 2.64. The molecular formula is C19H40O. The van der Waals surface area contributed by atoms with E-state index in [1.807, 2.05) is 0 Å². The molecule has 0 fully saturated rings. The summed E-state index contributed by atoms with van der Waals surface area (Å²) in [5.41, 5.74) is 0. The number of unbranched alkanes of at least 4 members (excludes halogenated alkanes) is 11. The normalized spacial score (nSPS) is 12.8. The molecule has 1 heteroatoms. The summed E-state index contributed by atoms with van der Waals surface area (Å²) in [6, 6.07) is 0. The minimum atomic E-state index is 0.473. The molecule has 1 unspecified atom stereocenters. The first kappa shape index (κ1) is 20.0. The second-order valence-electron chi connectivity index (χ2n) is 6.36. The maximum Gasteiger partial charge on any atom is 0.0547 e. The minimum absolute atomic E-state index is 0.473. The van der Waals surface area contributed by atoms with Crippen LogP contribution >= 0.6 is 0 Å². The van der Waals surface area contributed by atoms with Crippen LogP contribution in [-0.2, 0) is 4.74 Å². The molecule has 0 heterocycles. The van der Waals surface area contributed by atoms with Gasteiger partial charge in [0.15, 0.2) is 0 Å². The molecule has 1 atom stereocenters. The van der Waals surface area contributed by atoms with E-state index in [2.05, 4.69) is 20.8 Å². The molecule has 0 aromatic heterocycles. The topological polar surface area (TPSA) is 9.23 Å². The smallest absolute Gasteiger partial charge is 0.0547 e. The van der Waals surface area contributed by atoms with E-state index in [9.17, 15) is 0 Å². The Morgan fingerprint density at radius 1 is 0.600 bits per heavy atom. The Morgan fingerprint density at radius 2 is 1.05 bits per heavy atom. The lowest BCUT2D eigenvalue weighted by Crippen LogP contribution is -2.09. The van der Waals surface area contributed by atoms with Crippen LogP contribution in [0.4, 0.5) is 0 Å². The van der Waals surface area contributed by atoms with Crippen LogP contribution in [0.1, 0.15) is 111 Å². The van der Waals surface area contributed by atoms with Crippen LogP contribution in [0, 0.1) is 0 Å². The zero-order valence-corrected chi connectivity index (χ0v) is 14.6. The van der Waals surface area contributed by atoms with E-state index in [-0.39, 0.29) is 0 Å². The highest BCUT2D eigenvalue weighted by molar-refractivity contribution is 4.53. The lowest BCUT2D eigenvalue weighted by molar-refractivity contribution is 0.0557. The van der Waals surface area contributed by atoms with Crippen LogP contribution in [-0.4, -0.2) is 12.7 Å². The van der Waals surface area contributed by atoms with Gasteiger partial charge >= 0.3 is 0 Å². The third-order valence-corrected chi connectivity index (χ3v) is 4.11. The lowest BCUT2D eigenvalue weighted by atomic mass is 10.1. The molecular weight excluding hydrogens is 244 g/mol. The highest BCUT2D eigenvalue weighted by Gasteiger charge is 2.01. The third-order valence-electron chi connectivity index (χ3n) is 4.11. The summed E-state index contributed by atoms with van der Waals surface area (Å²) in [6.45, 7) is 7.77. The maximum atomic E-state index is 5.89. The molecule has 0 aromatic rings. The average molecular weight is 285 g/mol. The van der Waals surface area contributed by atoms with Crippen LogP contribution in [0.25, 0.3) is 0 Å². The summed E-state index contributed by atoms with van der Waals surface area (Å²) in [5, 5.41) is 0. The Morgan fingerprint density at radius 3 is 1.60 bits per heavy atom. The summed E-state index contributed by atoms with van der Waals surface area (Å²) in [6.07, 6.45) is 19.7. The largest absolute Gasteiger partial charge is 0.379 e. The van der Waals surface area contributed by atoms with Gasteiger partial charge in [0.25, 0.3) is 0 Å². The zero-order valence-electron chi connectivity index (χ0n) is 14.6. The molecule has 0 spiro atoms. The number of ether oxygens (including phenoxy) is 1. The van der Waals surface area contributed by atoms with Gasteiger partial charge in [-0.05, 0) is 19.8 Å². The Hall–Kier alpha value is -0.0400. The number of hydrogen-bond acceptors (Lipinski definition) is 1. The van der Waals surface area contributed by atoms with E-state index >= 15 is 0 Å². The van der Waals surface area contributed by atoms with E-state index < -0.39 is 0 Å². The quantitative estimate of drug-likeness (QED) is 0.280. The van der Waals surface area contributed by atoms with Crippen LogP contribution in [0.5, 0.6) is 0 Å². The van der Waals surface area contributed by atoms with Crippen molar-refractivity contribution in [2.45, 2.75) is 117 Å². The standard InChI is InChI=1S/C19H40O/c1-4-6-8-10-11-12-14-16-18-20-19(3)17-15-13-9-7-5-2/h19H,4-18H2,1-3H3. The summed E-state index contributed by atoms with van der Waals surface area (Å²) in [4.78, 5) is 0. The summed E-state index contributed by atoms with van der Waals surface area (Å²) >= 11 is 0. The first-order chi connectivity index (χ1) is 9.81. The Balaban J connectivity index is 3.09. The molecule has 0 aromatic carbocycles. The fraction of sp³-hybridized carbons (Fsp3) is 1.00. The first-order valence-electron chi connectivity index (χ1n) is 9.42. The Bertz CT molecular complexity index is 167. The van der Waals surface area contributed by atoms with Gasteiger partial charge in [-0.1, -0.05) is 90.9 Å². The Labute approximate surface area is 128 Å². The molecule has 0 N–H and O–H groups in total. The van der Waals surface area contributed by atoms with Crippen molar-refractivity contribution in [2.24, 2.45) is 0 Å². The summed E-state index contributed by atoms with van der Waals surface area (Å²) < 4.78 is 5.89. The van der Waals surface area contributed by atoms with E-state index in [1.165, 1.54) is 89.9 Å². The second-order valence-corrected chi connectivity index (χ2v) is 6.36. The van der Waals surface area contributed by atoms with Crippen LogP contribution in [0.2, 0.25) is 0 Å². The molecule has 0 amide bonds. The molecule has 0 rings (SSSR count). The van der Waals surface area contributed by atoms with Crippen molar-refractivity contribution < 1.29 is 4.74 Å². The molecule has 0 bridgehead atoms. The van der Waals surface area contributed by atoms with Gasteiger partial charge in [0, 0.05) is 6.61 Å². The van der Waals surface area contributed by atoms with E-state index in [4.69, 9.17) is 4.74 Å². The number of rotatable bonds is 16. The van der Waals surface area contributed by atoms with Crippen LogP contribution in [0.3, 0.4) is 0 Å². The van der Waals surface area contributed by atoms with E-state index in [1.54, 1.807) is 0 Å². The van der Waals surface area contributed by atoms with Crippen LogP contribution < -0.4 is 0 Å². The van der Waals surface area contributed by atoms with Gasteiger partial charge in [-0.3, -0.25) is 0 Å². The first-order valence-corrected chi connectivity index (χ1v) is 9.42. The molecule has 0 aliphatic heterocycles. The van der Waals surface area contributed by atoms with E-state index in [0.29, 0.717) is 6.10 Å². The van der Waals surface area contributed by atoms with E-state index in [0.717, 1.165) is 6.61 Å². The molecule has 0 saturated heterocycles. The second kappa shape index (κ2) is 17.0. The predicted octanol–water partition coefficient (Wildman–Crippen LogP) is 6.89. The maximum absolute atomic E-state index is 5.89. The third kappa shape index (κ3) is 16.0. The van der Waals surface area contributed by atoms with Gasteiger partial charge in [0.2, 0.25) is 0 Å². The predicted molar refractivity (Wildman–Crippen MR) is 91.4 cm³/mol. The van der Waals surface area contributed by atoms with Crippen LogP contribution in [0.15, 0.2) is 0 Å². The van der Waals surface area contributed by atoms with Gasteiger partial charge in [0.05, 0.1) is 6.10 Å². The van der Waals surface area contributed by atoms with Gasteiger partial charge in [-0.2, -0.15) is 0 Å². The highest BCUT2D eigenvalue weighted by atomic mass is 16.5. The monoisotopic (exact) mass is 284 g/mol. The lowest BCUT2D eigenvalue weighted by Gasteiger charge is -2.12. The zero-order chi connectivity index (χ0) is 14.9. The van der Waals surface area contributed by atoms with Crippen molar-refractivity contribution in [1.29, 1.82) is 0 Å². The molecule has 0 saturated carbocycles. The van der Waals surface area contributed by atoms with Crippen molar-refractivity contribution in [3.8, 4) is 0 Å². The van der Waals surface area contributed by atoms with Crippen molar-refractivity contribution in [1.82, 2.24) is 0 Å². The van der Waals surface area contributed by atoms with Crippen molar-refractivity contribution >= 4 is 0 Å². The number of hydrogen-bond donors (Lipinski definition) is 0. The highest BCUT2D eigenvalue weighted by Crippen LogP contribution is 2.11. The van der Waals surface area contributed by atoms with Gasteiger partial charge in [-0.15, -0.1) is 0 Å². The summed E-state index contributed by atoms with van der Waals surface area (Å²) in [5.74, 6) is 0. The average Bonchev–Trinajstić information content (AvgIpc) is 2.45. The van der Waals surface area contributed by atoms with Crippen molar-refractivity contribution in [3.05, 3.63) is 0 Å². The van der Waals surface area contributed by atoms with Gasteiger partial charge in [0.1, 0.15) is 0 Å². The SMILES string of the molecule is CCCCCCCCCCOC(C)CCCCCCC. The molecule has 1 nitrogen and oxygen atoms in total. The van der Waals surface area contributed by atoms with Crippen molar-refractivity contribution in [3.63, 3.8) is 0 Å². The van der Waals surface area contributed by atoms with Gasteiger partial charge in [-0.25, -0.2) is 0 Å². The van der Waals surface area contributed by atoms with Crippen molar-refractivity contribution in [2.75, 3.05) is 6.61 Å². The molecule has 122 valence electrons. The fourth-order valence-electron chi connectivity index (χ4n) is 2.64. The van der Waals surface area contributed by atoms with Gasteiger partial charge < -0.3 is 4.74 Å². The molecule has 0 aliphatic rings.